The van der Waals surface area contributed by atoms with Gasteiger partial charge in [0, 0.05) is 40.7 Å². The van der Waals surface area contributed by atoms with Gasteiger partial charge >= 0.3 is 11.9 Å². The second kappa shape index (κ2) is 16.8. The fraction of sp³-hybridized carbons (Fsp3) is 0.100. The van der Waals surface area contributed by atoms with Gasteiger partial charge in [-0.05, 0) is 49.2 Å². The van der Waals surface area contributed by atoms with Crippen LogP contribution in [0.1, 0.15) is 68.2 Å². The molecule has 5 N–H and O–H groups in total. The van der Waals surface area contributed by atoms with Crippen molar-refractivity contribution in [1.29, 1.82) is 0 Å². The maximum absolute atomic E-state index is 15.8. The average molecular weight is 808 g/mol. The van der Waals surface area contributed by atoms with Crippen LogP contribution in [0.2, 0.25) is 15.1 Å². The fourth-order valence-electron chi connectivity index (χ4n) is 5.40. The zero-order valence-electron chi connectivity index (χ0n) is 29.3. The molecule has 4 heterocycles. The van der Waals surface area contributed by atoms with Gasteiger partial charge in [-0.15, -0.1) is 0 Å². The van der Waals surface area contributed by atoms with Crippen molar-refractivity contribution in [1.82, 2.24) is 29.9 Å². The third-order valence-corrected chi connectivity index (χ3v) is 9.00. The normalized spacial score (nSPS) is 10.5. The van der Waals surface area contributed by atoms with Crippen molar-refractivity contribution >= 4 is 58.4 Å². The zero-order chi connectivity index (χ0) is 40.1. The molecule has 2 aromatic carbocycles. The van der Waals surface area contributed by atoms with Crippen molar-refractivity contribution < 1.29 is 23.8 Å². The highest BCUT2D eigenvalue weighted by Gasteiger charge is 2.23. The number of carboxylic acids is 1. The number of hydrogen-bond donors (Lipinski definition) is 3. The SMILES string of the molecule is CCc1ncnc(-c2cc(F)c(C(=O)Oc3cc(C#Cc4c(CC)ncnc4-c4cc(Cl)c(C(=O)O)c(Cl)c4)cnc3N)c(Cl)c2)c1C#Cc1ccc(N)nc1. The molecule has 0 bridgehead atoms. The summed E-state index contributed by atoms with van der Waals surface area (Å²) in [6.07, 6.45) is 6.52. The van der Waals surface area contributed by atoms with E-state index < -0.39 is 23.3 Å². The second-order valence-electron chi connectivity index (χ2n) is 11.7. The molecular weight excluding hydrogens is 782 g/mol. The highest BCUT2D eigenvalue weighted by atomic mass is 35.5. The summed E-state index contributed by atoms with van der Waals surface area (Å²) in [5, 5.41) is 9.05. The fourth-order valence-corrected chi connectivity index (χ4v) is 6.34. The van der Waals surface area contributed by atoms with Gasteiger partial charge in [-0.1, -0.05) is 72.3 Å². The van der Waals surface area contributed by atoms with Gasteiger partial charge in [0.25, 0.3) is 0 Å². The van der Waals surface area contributed by atoms with E-state index in [1.54, 1.807) is 12.1 Å². The van der Waals surface area contributed by atoms with Crippen LogP contribution in [-0.2, 0) is 12.8 Å². The first-order valence-corrected chi connectivity index (χ1v) is 17.6. The number of anilines is 2. The highest BCUT2D eigenvalue weighted by molar-refractivity contribution is 6.39. The Morgan fingerprint density at radius 1 is 0.714 bits per heavy atom. The number of hydrogen-bond acceptors (Lipinski definition) is 11. The third kappa shape index (κ3) is 8.36. The molecule has 6 rings (SSSR count). The number of nitrogens with zero attached hydrogens (tertiary/aromatic N) is 6. The van der Waals surface area contributed by atoms with Crippen molar-refractivity contribution in [3.8, 4) is 51.9 Å². The highest BCUT2D eigenvalue weighted by Crippen LogP contribution is 2.34. The van der Waals surface area contributed by atoms with Crippen LogP contribution in [0.3, 0.4) is 0 Å². The first-order chi connectivity index (χ1) is 26.9. The standard InChI is InChI=1S/C40H26Cl3FN8O4/c1-3-30-24(8-5-20-7-10-33(45)47-16-20)37(52-19-50-30)23-14-28(43)35(29(44)15-23)40(55)56-32-11-21(17-48-38(32)46)6-9-25-31(4-2)49-18-51-36(25)22-12-26(41)34(39(53)54)27(42)13-22/h7,10-19H,3-4H2,1-2H3,(H2,45,47)(H2,46,48)(H,53,54). The number of aromatic nitrogens is 6. The van der Waals surface area contributed by atoms with Gasteiger partial charge in [0.1, 0.15) is 29.9 Å². The second-order valence-corrected chi connectivity index (χ2v) is 12.9. The third-order valence-electron chi connectivity index (χ3n) is 8.10. The van der Waals surface area contributed by atoms with Crippen molar-refractivity contribution in [2.75, 3.05) is 11.5 Å². The van der Waals surface area contributed by atoms with Crippen molar-refractivity contribution in [3.05, 3.63) is 133 Å². The number of halogens is 4. The summed E-state index contributed by atoms with van der Waals surface area (Å²) < 4.78 is 21.3. The minimum absolute atomic E-state index is 0.0851. The molecule has 0 radical (unpaired) electrons. The minimum atomic E-state index is -1.28. The maximum atomic E-state index is 15.8. The van der Waals surface area contributed by atoms with E-state index in [2.05, 4.69) is 53.6 Å². The molecule has 0 aliphatic carbocycles. The van der Waals surface area contributed by atoms with Gasteiger partial charge < -0.3 is 21.3 Å². The number of nitrogen functional groups attached to an aromatic ring is 2. The summed E-state index contributed by atoms with van der Waals surface area (Å²) in [7, 11) is 0. The first-order valence-electron chi connectivity index (χ1n) is 16.5. The number of pyridine rings is 2. The Kier molecular flexibility index (Phi) is 11.7. The maximum Gasteiger partial charge on any atom is 0.348 e. The Morgan fingerprint density at radius 2 is 1.25 bits per heavy atom. The van der Waals surface area contributed by atoms with Crippen molar-refractivity contribution in [3.63, 3.8) is 0 Å². The van der Waals surface area contributed by atoms with Crippen LogP contribution in [0.15, 0.2) is 67.5 Å². The summed E-state index contributed by atoms with van der Waals surface area (Å²) in [6, 6.07) is 10.0. The predicted octanol–water partition coefficient (Wildman–Crippen LogP) is 7.50. The molecule has 6 aromatic rings. The molecule has 0 saturated carbocycles. The Balaban J connectivity index is 1.30. The summed E-state index contributed by atoms with van der Waals surface area (Å²) >= 11 is 19.0. The molecule has 278 valence electrons. The Bertz CT molecular complexity index is 2640. The average Bonchev–Trinajstić information content (AvgIpc) is 3.16. The lowest BCUT2D eigenvalue weighted by Crippen LogP contribution is -2.13. The lowest BCUT2D eigenvalue weighted by Gasteiger charge is -2.12. The molecule has 56 heavy (non-hydrogen) atoms. The molecule has 0 spiro atoms. The first kappa shape index (κ1) is 39.1. The lowest BCUT2D eigenvalue weighted by atomic mass is 10.0. The number of esters is 1. The van der Waals surface area contributed by atoms with Gasteiger partial charge in [-0.3, -0.25) is 0 Å². The number of nitrogens with two attached hydrogens (primary N) is 2. The molecule has 0 amide bonds. The quantitative estimate of drug-likeness (QED) is 0.106. The van der Waals surface area contributed by atoms with E-state index in [0.29, 0.717) is 63.7 Å². The molecule has 0 fully saturated rings. The Hall–Kier alpha value is -6.64. The number of benzene rings is 2. The van der Waals surface area contributed by atoms with E-state index >= 15 is 4.39 Å². The zero-order valence-corrected chi connectivity index (χ0v) is 31.6. The molecule has 16 heteroatoms. The molecule has 0 unspecified atom stereocenters. The summed E-state index contributed by atoms with van der Waals surface area (Å²) in [4.78, 5) is 50.5. The van der Waals surface area contributed by atoms with Crippen LogP contribution in [0.4, 0.5) is 16.0 Å². The molecule has 0 saturated heterocycles. The van der Waals surface area contributed by atoms with Crippen LogP contribution >= 0.6 is 34.8 Å². The van der Waals surface area contributed by atoms with Crippen LogP contribution in [0, 0.1) is 29.5 Å². The number of rotatable bonds is 7. The van der Waals surface area contributed by atoms with E-state index in [-0.39, 0.29) is 43.3 Å². The topological polar surface area (TPSA) is 193 Å². The Morgan fingerprint density at radius 3 is 1.77 bits per heavy atom. The predicted molar refractivity (Wildman–Crippen MR) is 210 cm³/mol. The minimum Gasteiger partial charge on any atom is -0.478 e. The monoisotopic (exact) mass is 806 g/mol. The van der Waals surface area contributed by atoms with E-state index in [9.17, 15) is 14.7 Å². The number of carboxylic acid groups (broad SMARTS) is 1. The van der Waals surface area contributed by atoms with Gasteiger partial charge in [0.2, 0.25) is 0 Å². The number of ether oxygens (including phenoxy) is 1. The van der Waals surface area contributed by atoms with E-state index in [0.717, 1.165) is 6.07 Å². The van der Waals surface area contributed by atoms with Crippen LogP contribution < -0.4 is 16.2 Å². The van der Waals surface area contributed by atoms with Crippen LogP contribution in [-0.4, -0.2) is 46.9 Å². The van der Waals surface area contributed by atoms with Gasteiger partial charge in [-0.25, -0.2) is 43.9 Å². The van der Waals surface area contributed by atoms with E-state index in [1.165, 1.54) is 49.3 Å². The molecule has 12 nitrogen and oxygen atoms in total. The lowest BCUT2D eigenvalue weighted by molar-refractivity contribution is 0.0694. The summed E-state index contributed by atoms with van der Waals surface area (Å²) in [5.41, 5.74) is 15.1. The molecule has 0 aliphatic rings. The number of carbonyl (C=O) groups excluding carboxylic acids is 1. The van der Waals surface area contributed by atoms with Crippen LogP contribution in [0.25, 0.3) is 22.5 Å². The summed E-state index contributed by atoms with van der Waals surface area (Å²) in [5.74, 6) is 8.57. The number of carbonyl (C=O) groups is 2. The van der Waals surface area contributed by atoms with Crippen molar-refractivity contribution in [2.45, 2.75) is 26.7 Å². The van der Waals surface area contributed by atoms with E-state index in [1.807, 2.05) is 13.8 Å². The van der Waals surface area contributed by atoms with Gasteiger partial charge in [0.15, 0.2) is 11.6 Å². The smallest absolute Gasteiger partial charge is 0.348 e. The molecule has 4 aromatic heterocycles. The van der Waals surface area contributed by atoms with Gasteiger partial charge in [0.05, 0.1) is 54.5 Å². The van der Waals surface area contributed by atoms with E-state index in [4.69, 9.17) is 51.0 Å². The number of aromatic carboxylic acids is 1. The number of aryl methyl sites for hydroxylation is 2. The summed E-state index contributed by atoms with van der Waals surface area (Å²) in [6.45, 7) is 3.76. The van der Waals surface area contributed by atoms with Gasteiger partial charge in [-0.2, -0.15) is 0 Å². The van der Waals surface area contributed by atoms with Crippen LogP contribution in [0.5, 0.6) is 5.75 Å². The molecule has 0 aliphatic heterocycles. The molecule has 0 atom stereocenters. The largest absolute Gasteiger partial charge is 0.478 e. The molecular formula is C40H26Cl3FN8O4. The van der Waals surface area contributed by atoms with Crippen molar-refractivity contribution in [2.24, 2.45) is 0 Å². The Labute approximate surface area is 334 Å².